The highest BCUT2D eigenvalue weighted by Gasteiger charge is 2.60. The minimum absolute atomic E-state index is 0.153. The maximum atomic E-state index is 14.5. The molecule has 8 fully saturated rings. The second-order valence-electron chi connectivity index (χ2n) is 13.6. The topological polar surface area (TPSA) is 131 Å². The molecule has 0 aromatic rings. The van der Waals surface area contributed by atoms with Crippen LogP contribution in [0.15, 0.2) is 0 Å². The maximum absolute atomic E-state index is 14.5. The summed E-state index contributed by atoms with van der Waals surface area (Å²) < 4.78 is 40.7. The van der Waals surface area contributed by atoms with E-state index in [4.69, 9.17) is 0 Å². The van der Waals surface area contributed by atoms with Crippen LogP contribution < -0.4 is 16.0 Å². The van der Waals surface area contributed by atoms with Crippen molar-refractivity contribution in [3.63, 3.8) is 0 Å². The minimum atomic E-state index is -5.13. The zero-order valence-electron chi connectivity index (χ0n) is 23.0. The molecule has 224 valence electrons. The van der Waals surface area contributed by atoms with Gasteiger partial charge in [0.05, 0.1) is 6.07 Å². The van der Waals surface area contributed by atoms with Gasteiger partial charge in [-0.3, -0.25) is 19.2 Å². The van der Waals surface area contributed by atoms with Crippen LogP contribution in [0.1, 0.15) is 77.0 Å². The number of hydrogen-bond acceptors (Lipinski definition) is 5. The van der Waals surface area contributed by atoms with Crippen molar-refractivity contribution in [2.24, 2.45) is 35.0 Å². The molecule has 0 radical (unpaired) electrons. The highest BCUT2D eigenvalue weighted by atomic mass is 19.4. The van der Waals surface area contributed by atoms with E-state index in [2.05, 4.69) is 22.0 Å². The molecule has 5 saturated carbocycles. The molecule has 0 spiro atoms. The fourth-order valence-electron chi connectivity index (χ4n) is 9.73. The Morgan fingerprint density at radius 1 is 1.00 bits per heavy atom. The number of nitrogens with one attached hydrogen (secondary N) is 3. The fourth-order valence-corrected chi connectivity index (χ4v) is 9.73. The SMILES string of the molecule is N#C[C@H](C[C@@H]1CCNC1=O)NC(=O)[C@@H]1C2CCC(CC2)N1C(=O)[C@@H](NC(=O)C(F)(F)F)C12CC3CC(CC(C3)C1)C2. The van der Waals surface area contributed by atoms with Gasteiger partial charge in [-0.1, -0.05) is 0 Å². The number of hydrogen-bond donors (Lipinski definition) is 3. The Morgan fingerprint density at radius 2 is 1.61 bits per heavy atom. The number of nitrogens with zero attached hydrogens (tertiary/aromatic N) is 2. The molecular formula is C29H38F3N5O4. The summed E-state index contributed by atoms with van der Waals surface area (Å²) in [5, 5.41) is 17.4. The standard InChI is InChI=1S/C29H38F3N5O4/c30-29(31,32)27(41)36-23(28-11-15-7-16(12-28)9-17(8-15)13-28)26(40)37-21-3-1-18(2-4-21)22(37)25(39)35-20(14-33)10-19-5-6-34-24(19)38/h15-23H,1-13H2,(H,34,38)(H,35,39)(H,36,41)/t15?,16?,17?,18?,19-,20-,21?,22-,23+,28?/m0/s1. The number of alkyl halides is 3. The molecule has 4 amide bonds. The first kappa shape index (κ1) is 28.3. The van der Waals surface area contributed by atoms with Crippen LogP contribution in [0.2, 0.25) is 0 Å². The van der Waals surface area contributed by atoms with Crippen molar-refractivity contribution in [1.82, 2.24) is 20.9 Å². The van der Waals surface area contributed by atoms with Gasteiger partial charge in [0, 0.05) is 23.9 Å². The van der Waals surface area contributed by atoms with Crippen LogP contribution in [-0.2, 0) is 19.2 Å². The summed E-state index contributed by atoms with van der Waals surface area (Å²) in [4.78, 5) is 54.1. The van der Waals surface area contributed by atoms with Crippen molar-refractivity contribution in [3.05, 3.63) is 0 Å². The molecule has 9 nitrogen and oxygen atoms in total. The smallest absolute Gasteiger partial charge is 0.356 e. The molecule has 4 atom stereocenters. The van der Waals surface area contributed by atoms with Gasteiger partial charge in [0.25, 0.3) is 0 Å². The fraction of sp³-hybridized carbons (Fsp3) is 0.828. The molecule has 0 unspecified atom stereocenters. The Labute approximate surface area is 237 Å². The summed E-state index contributed by atoms with van der Waals surface area (Å²) in [6, 6.07) is -1.47. The maximum Gasteiger partial charge on any atom is 0.471 e. The van der Waals surface area contributed by atoms with Crippen LogP contribution in [-0.4, -0.2) is 65.4 Å². The molecule has 8 aliphatic rings. The molecule has 41 heavy (non-hydrogen) atoms. The van der Waals surface area contributed by atoms with Gasteiger partial charge in [0.1, 0.15) is 18.1 Å². The van der Waals surface area contributed by atoms with Crippen LogP contribution in [0.25, 0.3) is 0 Å². The summed E-state index contributed by atoms with van der Waals surface area (Å²) in [5.41, 5.74) is -0.754. The predicted octanol–water partition coefficient (Wildman–Crippen LogP) is 2.55. The zero-order chi connectivity index (χ0) is 29.1. The van der Waals surface area contributed by atoms with Gasteiger partial charge in [0.15, 0.2) is 0 Å². The highest BCUT2D eigenvalue weighted by molar-refractivity contribution is 5.94. The van der Waals surface area contributed by atoms with Gasteiger partial charge in [-0.25, -0.2) is 0 Å². The summed E-state index contributed by atoms with van der Waals surface area (Å²) in [5.74, 6) is -2.96. The van der Waals surface area contributed by atoms with E-state index in [1.807, 2.05) is 0 Å². The average molecular weight is 578 g/mol. The van der Waals surface area contributed by atoms with E-state index in [9.17, 15) is 37.6 Å². The molecule has 6 bridgehead atoms. The largest absolute Gasteiger partial charge is 0.471 e. The van der Waals surface area contributed by atoms with Crippen LogP contribution in [0.3, 0.4) is 0 Å². The predicted molar refractivity (Wildman–Crippen MR) is 138 cm³/mol. The van der Waals surface area contributed by atoms with Gasteiger partial charge in [-0.2, -0.15) is 18.4 Å². The summed E-state index contributed by atoms with van der Waals surface area (Å²) in [7, 11) is 0. The van der Waals surface area contributed by atoms with E-state index in [0.29, 0.717) is 75.7 Å². The number of halogens is 3. The van der Waals surface area contributed by atoms with Crippen LogP contribution in [0.5, 0.6) is 0 Å². The Morgan fingerprint density at radius 3 is 2.12 bits per heavy atom. The molecular weight excluding hydrogens is 539 g/mol. The normalized spacial score (nSPS) is 38.6. The molecule has 0 aromatic carbocycles. The van der Waals surface area contributed by atoms with Crippen molar-refractivity contribution in [2.45, 2.75) is 107 Å². The third-order valence-electron chi connectivity index (χ3n) is 11.0. The van der Waals surface area contributed by atoms with Gasteiger partial charge in [-0.05, 0) is 101 Å². The Bertz CT molecular complexity index is 1110. The molecule has 3 heterocycles. The molecule has 0 aromatic heterocycles. The lowest BCUT2D eigenvalue weighted by molar-refractivity contribution is -0.181. The van der Waals surface area contributed by atoms with Crippen molar-refractivity contribution in [1.29, 1.82) is 5.26 Å². The Hall–Kier alpha value is -2.84. The second kappa shape index (κ2) is 10.5. The number of nitriles is 1. The summed E-state index contributed by atoms with van der Waals surface area (Å²) in [6.45, 7) is 0.514. The monoisotopic (exact) mass is 577 g/mol. The third-order valence-corrected chi connectivity index (χ3v) is 11.0. The lowest BCUT2D eigenvalue weighted by Gasteiger charge is -2.60. The number of carbonyl (C=O) groups excluding carboxylic acids is 4. The van der Waals surface area contributed by atoms with Gasteiger partial charge >= 0.3 is 12.1 Å². The Kier molecular flexibility index (Phi) is 7.22. The summed E-state index contributed by atoms with van der Waals surface area (Å²) >= 11 is 0. The Balaban J connectivity index is 1.28. The second-order valence-corrected chi connectivity index (χ2v) is 13.6. The van der Waals surface area contributed by atoms with Gasteiger partial charge in [0.2, 0.25) is 17.7 Å². The number of rotatable bonds is 7. The zero-order valence-corrected chi connectivity index (χ0v) is 23.0. The van der Waals surface area contributed by atoms with Gasteiger partial charge < -0.3 is 20.9 Å². The summed E-state index contributed by atoms with van der Waals surface area (Å²) in [6.07, 6.45) is 3.13. The van der Waals surface area contributed by atoms with E-state index in [-0.39, 0.29) is 24.3 Å². The van der Waals surface area contributed by atoms with E-state index in [1.165, 1.54) is 4.90 Å². The highest BCUT2D eigenvalue weighted by Crippen LogP contribution is 2.61. The lowest BCUT2D eigenvalue weighted by Crippen LogP contribution is -2.70. The molecule has 8 rings (SSSR count). The first-order chi connectivity index (χ1) is 19.5. The quantitative estimate of drug-likeness (QED) is 0.428. The van der Waals surface area contributed by atoms with Crippen LogP contribution in [0, 0.1) is 46.3 Å². The minimum Gasteiger partial charge on any atom is -0.356 e. The number of piperidine rings is 2. The first-order valence-electron chi connectivity index (χ1n) is 15.1. The van der Waals surface area contributed by atoms with Crippen LogP contribution in [0.4, 0.5) is 13.2 Å². The third kappa shape index (κ3) is 5.18. The molecule has 3 saturated heterocycles. The molecule has 5 aliphatic carbocycles. The van der Waals surface area contributed by atoms with Crippen molar-refractivity contribution < 1.29 is 32.3 Å². The number of fused-ring (bicyclic) bond motifs is 3. The van der Waals surface area contributed by atoms with E-state index >= 15 is 0 Å². The first-order valence-corrected chi connectivity index (χ1v) is 15.1. The van der Waals surface area contributed by atoms with E-state index < -0.39 is 53.4 Å². The lowest BCUT2D eigenvalue weighted by atomic mass is 9.47. The van der Waals surface area contributed by atoms with Crippen molar-refractivity contribution in [2.75, 3.05) is 6.54 Å². The van der Waals surface area contributed by atoms with Crippen molar-refractivity contribution in [3.8, 4) is 6.07 Å². The van der Waals surface area contributed by atoms with Crippen molar-refractivity contribution >= 4 is 23.6 Å². The van der Waals surface area contributed by atoms with E-state index in [1.54, 1.807) is 0 Å². The number of amides is 4. The van der Waals surface area contributed by atoms with Gasteiger partial charge in [-0.15, -0.1) is 0 Å². The van der Waals surface area contributed by atoms with E-state index in [0.717, 1.165) is 19.3 Å². The molecule has 12 heteroatoms. The molecule has 3 N–H and O–H groups in total. The molecule has 3 aliphatic heterocycles. The number of carbonyl (C=O) groups is 4. The average Bonchev–Trinajstić information content (AvgIpc) is 3.33. The van der Waals surface area contributed by atoms with Crippen LogP contribution >= 0.6 is 0 Å².